The first-order chi connectivity index (χ1) is 15.9. The normalized spacial score (nSPS) is 17.9. The highest BCUT2D eigenvalue weighted by molar-refractivity contribution is 9.10. The average Bonchev–Trinajstić information content (AvgIpc) is 3.30. The Balaban J connectivity index is 1.68. The molecule has 0 amide bonds. The molecule has 1 aliphatic heterocycles. The summed E-state index contributed by atoms with van der Waals surface area (Å²) < 4.78 is 17.1. The van der Waals surface area contributed by atoms with Crippen LogP contribution in [0.15, 0.2) is 83.5 Å². The third kappa shape index (κ3) is 3.96. The van der Waals surface area contributed by atoms with Crippen molar-refractivity contribution in [1.82, 2.24) is 14.9 Å². The smallest absolute Gasteiger partial charge is 0.174 e. The standard InChI is InChI=1S/C26H22BrFN4S/c1-16-14-22(17(2)31(16)21-7-5-6-19(28)15-21)25-24(23-8-3-4-13-29-23)30-26(33)32(25)20-11-9-18(27)10-12-20/h3-15,24-25H,1-2H3,(H,30,33)/t24-,25-/m0/s1. The highest BCUT2D eigenvalue weighted by Crippen LogP contribution is 2.43. The molecule has 5 rings (SSSR count). The fourth-order valence-electron chi connectivity index (χ4n) is 4.65. The van der Waals surface area contributed by atoms with E-state index in [1.807, 2.05) is 43.3 Å². The molecular weight excluding hydrogens is 499 g/mol. The Labute approximate surface area is 206 Å². The number of halogens is 2. The lowest BCUT2D eigenvalue weighted by molar-refractivity contribution is 0.565. The first kappa shape index (κ1) is 21.8. The van der Waals surface area contributed by atoms with E-state index in [0.717, 1.165) is 38.5 Å². The summed E-state index contributed by atoms with van der Waals surface area (Å²) in [7, 11) is 0. The average molecular weight is 521 g/mol. The molecule has 4 aromatic rings. The van der Waals surface area contributed by atoms with Crippen molar-refractivity contribution in [3.63, 3.8) is 0 Å². The minimum atomic E-state index is -0.256. The van der Waals surface area contributed by atoms with Crippen molar-refractivity contribution in [3.05, 3.63) is 112 Å². The van der Waals surface area contributed by atoms with E-state index in [1.165, 1.54) is 6.07 Å². The quantitative estimate of drug-likeness (QED) is 0.308. The van der Waals surface area contributed by atoms with E-state index in [9.17, 15) is 4.39 Å². The van der Waals surface area contributed by atoms with Crippen molar-refractivity contribution in [3.8, 4) is 5.69 Å². The molecule has 1 aliphatic rings. The minimum Gasteiger partial charge on any atom is -0.351 e. The Morgan fingerprint density at radius 3 is 2.45 bits per heavy atom. The largest absolute Gasteiger partial charge is 0.351 e. The zero-order valence-electron chi connectivity index (χ0n) is 18.2. The fraction of sp³-hybridized carbons (Fsp3) is 0.154. The maximum Gasteiger partial charge on any atom is 0.174 e. The van der Waals surface area contributed by atoms with Crippen LogP contribution in [0.25, 0.3) is 5.69 Å². The van der Waals surface area contributed by atoms with Gasteiger partial charge in [-0.1, -0.05) is 28.1 Å². The first-order valence-corrected chi connectivity index (χ1v) is 11.8. The van der Waals surface area contributed by atoms with Gasteiger partial charge in [-0.25, -0.2) is 4.39 Å². The van der Waals surface area contributed by atoms with Crippen LogP contribution in [0.4, 0.5) is 10.1 Å². The molecule has 0 radical (unpaired) electrons. The molecule has 2 atom stereocenters. The lowest BCUT2D eigenvalue weighted by Crippen LogP contribution is -2.29. The van der Waals surface area contributed by atoms with Gasteiger partial charge in [0.05, 0.1) is 17.8 Å². The summed E-state index contributed by atoms with van der Waals surface area (Å²) in [6.45, 7) is 4.12. The van der Waals surface area contributed by atoms with Gasteiger partial charge in [0.25, 0.3) is 0 Å². The van der Waals surface area contributed by atoms with E-state index in [1.54, 1.807) is 18.3 Å². The van der Waals surface area contributed by atoms with Crippen LogP contribution >= 0.6 is 28.1 Å². The number of rotatable bonds is 4. The Bertz CT molecular complexity index is 1320. The number of hydrogen-bond donors (Lipinski definition) is 1. The predicted octanol–water partition coefficient (Wildman–Crippen LogP) is 6.57. The summed E-state index contributed by atoms with van der Waals surface area (Å²) in [6, 6.07) is 22.6. The van der Waals surface area contributed by atoms with Gasteiger partial charge in [-0.2, -0.15) is 0 Å². The van der Waals surface area contributed by atoms with Crippen molar-refractivity contribution < 1.29 is 4.39 Å². The third-order valence-corrected chi connectivity index (χ3v) is 6.90. The molecule has 0 aliphatic carbocycles. The van der Waals surface area contributed by atoms with Gasteiger partial charge in [0.2, 0.25) is 0 Å². The van der Waals surface area contributed by atoms with Crippen molar-refractivity contribution in [2.45, 2.75) is 25.9 Å². The van der Waals surface area contributed by atoms with Gasteiger partial charge in [0.15, 0.2) is 5.11 Å². The van der Waals surface area contributed by atoms with Crippen LogP contribution in [0.2, 0.25) is 0 Å². The SMILES string of the molecule is Cc1cc([C@H]2[C@H](c3ccccn3)NC(=S)N2c2ccc(Br)cc2)c(C)n1-c1cccc(F)c1. The van der Waals surface area contributed by atoms with Gasteiger partial charge in [-0.05, 0) is 92.3 Å². The molecule has 0 spiro atoms. The summed E-state index contributed by atoms with van der Waals surface area (Å²) in [4.78, 5) is 6.78. The number of nitrogens with one attached hydrogen (secondary N) is 1. The number of pyridine rings is 1. The molecule has 33 heavy (non-hydrogen) atoms. The molecule has 0 saturated carbocycles. The lowest BCUT2D eigenvalue weighted by atomic mass is 9.96. The summed E-state index contributed by atoms with van der Waals surface area (Å²) >= 11 is 9.34. The maximum absolute atomic E-state index is 14.0. The molecule has 1 saturated heterocycles. The maximum atomic E-state index is 14.0. The number of hydrogen-bond acceptors (Lipinski definition) is 2. The van der Waals surface area contributed by atoms with E-state index < -0.39 is 0 Å². The highest BCUT2D eigenvalue weighted by Gasteiger charge is 2.42. The van der Waals surface area contributed by atoms with E-state index in [0.29, 0.717) is 5.11 Å². The monoisotopic (exact) mass is 520 g/mol. The number of aryl methyl sites for hydroxylation is 1. The topological polar surface area (TPSA) is 33.1 Å². The van der Waals surface area contributed by atoms with E-state index in [4.69, 9.17) is 12.2 Å². The molecule has 3 heterocycles. The Morgan fingerprint density at radius 2 is 1.76 bits per heavy atom. The van der Waals surface area contributed by atoms with Crippen molar-refractivity contribution in [2.75, 3.05) is 4.90 Å². The molecule has 0 unspecified atom stereocenters. The lowest BCUT2D eigenvalue weighted by Gasteiger charge is -2.28. The third-order valence-electron chi connectivity index (χ3n) is 6.06. The van der Waals surface area contributed by atoms with Crippen LogP contribution in [-0.4, -0.2) is 14.7 Å². The van der Waals surface area contributed by atoms with Crippen LogP contribution in [0.5, 0.6) is 0 Å². The van der Waals surface area contributed by atoms with Gasteiger partial charge in [-0.3, -0.25) is 4.98 Å². The second-order valence-corrected chi connectivity index (χ2v) is 9.42. The zero-order valence-corrected chi connectivity index (χ0v) is 20.6. The second-order valence-electron chi connectivity index (χ2n) is 8.11. The van der Waals surface area contributed by atoms with Gasteiger partial charge in [0.1, 0.15) is 5.82 Å². The van der Waals surface area contributed by atoms with Gasteiger partial charge in [-0.15, -0.1) is 0 Å². The molecular formula is C26H22BrFN4S. The Hall–Kier alpha value is -3.03. The molecule has 1 N–H and O–H groups in total. The molecule has 166 valence electrons. The number of aromatic nitrogens is 2. The van der Waals surface area contributed by atoms with Crippen LogP contribution in [0, 0.1) is 19.7 Å². The van der Waals surface area contributed by atoms with Crippen molar-refractivity contribution >= 4 is 38.9 Å². The fourth-order valence-corrected chi connectivity index (χ4v) is 5.26. The summed E-state index contributed by atoms with van der Waals surface area (Å²) in [5, 5.41) is 4.15. The van der Waals surface area contributed by atoms with Crippen LogP contribution < -0.4 is 10.2 Å². The van der Waals surface area contributed by atoms with Crippen LogP contribution in [0.1, 0.15) is 34.7 Å². The number of anilines is 1. The van der Waals surface area contributed by atoms with Gasteiger partial charge >= 0.3 is 0 Å². The Kier molecular flexibility index (Phi) is 5.76. The van der Waals surface area contributed by atoms with Gasteiger partial charge < -0.3 is 14.8 Å². The second kappa shape index (κ2) is 8.72. The summed E-state index contributed by atoms with van der Waals surface area (Å²) in [6.07, 6.45) is 1.80. The zero-order chi connectivity index (χ0) is 23.1. The predicted molar refractivity (Wildman–Crippen MR) is 137 cm³/mol. The van der Waals surface area contributed by atoms with Crippen LogP contribution in [-0.2, 0) is 0 Å². The molecule has 2 aromatic heterocycles. The van der Waals surface area contributed by atoms with E-state index >= 15 is 0 Å². The van der Waals surface area contributed by atoms with Gasteiger partial charge in [0, 0.05) is 33.4 Å². The van der Waals surface area contributed by atoms with Crippen molar-refractivity contribution in [1.29, 1.82) is 0 Å². The number of benzene rings is 2. The molecule has 4 nitrogen and oxygen atoms in total. The minimum absolute atomic E-state index is 0.123. The summed E-state index contributed by atoms with van der Waals surface area (Å²) in [5.41, 5.74) is 5.89. The highest BCUT2D eigenvalue weighted by atomic mass is 79.9. The number of thiocarbonyl (C=S) groups is 1. The number of nitrogens with zero attached hydrogens (tertiary/aromatic N) is 3. The summed E-state index contributed by atoms with van der Waals surface area (Å²) in [5.74, 6) is -0.256. The van der Waals surface area contributed by atoms with E-state index in [2.05, 4.69) is 60.8 Å². The molecule has 1 fully saturated rings. The Morgan fingerprint density at radius 1 is 0.970 bits per heavy atom. The van der Waals surface area contributed by atoms with Crippen LogP contribution in [0.3, 0.4) is 0 Å². The van der Waals surface area contributed by atoms with Crippen molar-refractivity contribution in [2.24, 2.45) is 0 Å². The molecule has 7 heteroatoms. The van der Waals surface area contributed by atoms with E-state index in [-0.39, 0.29) is 17.9 Å². The molecule has 2 aromatic carbocycles. The molecule has 0 bridgehead atoms. The first-order valence-electron chi connectivity index (χ1n) is 10.6.